The summed E-state index contributed by atoms with van der Waals surface area (Å²) < 4.78 is 54.0. The largest absolute Gasteiger partial charge is 0.471 e. The van der Waals surface area contributed by atoms with E-state index in [9.17, 15) is 22.4 Å². The van der Waals surface area contributed by atoms with Crippen molar-refractivity contribution in [3.8, 4) is 5.88 Å². The molecule has 1 aliphatic carbocycles. The summed E-state index contributed by atoms with van der Waals surface area (Å²) in [5, 5.41) is 2.63. The molecule has 5 nitrogen and oxygen atoms in total. The summed E-state index contributed by atoms with van der Waals surface area (Å²) in [6, 6.07) is 2.65. The number of aromatic nitrogens is 1. The summed E-state index contributed by atoms with van der Waals surface area (Å²) in [4.78, 5) is 15.6. The molecule has 2 rings (SSSR count). The first-order chi connectivity index (χ1) is 11.3. The van der Waals surface area contributed by atoms with Crippen LogP contribution in [0.3, 0.4) is 0 Å². The second kappa shape index (κ2) is 10.7. The van der Waals surface area contributed by atoms with E-state index in [4.69, 9.17) is 5.73 Å². The molecule has 0 spiro atoms. The van der Waals surface area contributed by atoms with Crippen LogP contribution in [0, 0.1) is 5.92 Å². The Hall–Kier alpha value is -1.32. The summed E-state index contributed by atoms with van der Waals surface area (Å²) in [5.41, 5.74) is 6.27. The molecule has 0 saturated heterocycles. The van der Waals surface area contributed by atoms with Crippen molar-refractivity contribution in [2.24, 2.45) is 11.7 Å². The average molecular weight is 422 g/mol. The SMILES string of the molecule is Cl.Cl.N[C@@H]1CCC[C@H]1CC(=O)Nc1ccc(OCC(F)(F)C(F)F)nc1. The summed E-state index contributed by atoms with van der Waals surface area (Å²) in [6.07, 6.45) is 0.545. The third kappa shape index (κ3) is 7.13. The highest BCUT2D eigenvalue weighted by Gasteiger charge is 2.41. The molecular formula is C15H21Cl2F4N3O2. The monoisotopic (exact) mass is 421 g/mol. The minimum atomic E-state index is -4.24. The number of carbonyl (C=O) groups excluding carboxylic acids is 1. The molecule has 150 valence electrons. The maximum Gasteiger partial charge on any atom is 0.340 e. The van der Waals surface area contributed by atoms with Gasteiger partial charge in [0, 0.05) is 18.5 Å². The number of alkyl halides is 4. The van der Waals surface area contributed by atoms with Gasteiger partial charge in [0.05, 0.1) is 11.9 Å². The minimum absolute atomic E-state index is 0. The molecule has 0 unspecified atom stereocenters. The third-order valence-electron chi connectivity index (χ3n) is 3.92. The zero-order valence-electron chi connectivity index (χ0n) is 13.7. The number of pyridine rings is 1. The van der Waals surface area contributed by atoms with Gasteiger partial charge in [0.1, 0.15) is 0 Å². The first kappa shape index (κ1) is 24.7. The van der Waals surface area contributed by atoms with Gasteiger partial charge in [0.2, 0.25) is 11.8 Å². The predicted molar refractivity (Wildman–Crippen MR) is 93.7 cm³/mol. The lowest BCUT2D eigenvalue weighted by Crippen LogP contribution is -2.33. The van der Waals surface area contributed by atoms with Gasteiger partial charge in [-0.3, -0.25) is 4.79 Å². The van der Waals surface area contributed by atoms with Gasteiger partial charge in [0.25, 0.3) is 0 Å². The van der Waals surface area contributed by atoms with E-state index < -0.39 is 19.0 Å². The second-order valence-corrected chi connectivity index (χ2v) is 5.84. The Balaban J connectivity index is 0.00000312. The molecule has 1 aromatic rings. The number of nitrogens with zero attached hydrogens (tertiary/aromatic N) is 1. The van der Waals surface area contributed by atoms with Gasteiger partial charge in [0.15, 0.2) is 6.61 Å². The number of nitrogens with two attached hydrogens (primary N) is 1. The van der Waals surface area contributed by atoms with Gasteiger partial charge < -0.3 is 15.8 Å². The summed E-state index contributed by atoms with van der Waals surface area (Å²) in [5.74, 6) is -4.53. The number of ether oxygens (including phenoxy) is 1. The normalized spacial score (nSPS) is 19.5. The lowest BCUT2D eigenvalue weighted by Gasteiger charge is -2.16. The first-order valence-corrected chi connectivity index (χ1v) is 7.58. The van der Waals surface area contributed by atoms with E-state index in [-0.39, 0.29) is 48.6 Å². The summed E-state index contributed by atoms with van der Waals surface area (Å²) in [6.45, 7) is -1.47. The van der Waals surface area contributed by atoms with Crippen LogP contribution in [0.15, 0.2) is 18.3 Å². The van der Waals surface area contributed by atoms with Crippen molar-refractivity contribution in [3.05, 3.63) is 18.3 Å². The van der Waals surface area contributed by atoms with Crippen LogP contribution in [0.25, 0.3) is 0 Å². The van der Waals surface area contributed by atoms with Gasteiger partial charge in [-0.2, -0.15) is 8.78 Å². The Morgan fingerprint density at radius 1 is 1.35 bits per heavy atom. The molecule has 0 radical (unpaired) electrons. The molecule has 26 heavy (non-hydrogen) atoms. The van der Waals surface area contributed by atoms with Crippen molar-refractivity contribution < 1.29 is 27.1 Å². The number of nitrogens with one attached hydrogen (secondary N) is 1. The van der Waals surface area contributed by atoms with Crippen LogP contribution in [0.2, 0.25) is 0 Å². The minimum Gasteiger partial charge on any atom is -0.471 e. The third-order valence-corrected chi connectivity index (χ3v) is 3.92. The van der Waals surface area contributed by atoms with Gasteiger partial charge in [-0.15, -0.1) is 24.8 Å². The molecule has 1 aromatic heterocycles. The molecule has 1 aliphatic rings. The van der Waals surface area contributed by atoms with Crippen molar-refractivity contribution in [2.45, 2.75) is 44.1 Å². The van der Waals surface area contributed by atoms with E-state index in [0.717, 1.165) is 19.3 Å². The first-order valence-electron chi connectivity index (χ1n) is 7.58. The summed E-state index contributed by atoms with van der Waals surface area (Å²) in [7, 11) is 0. The number of amides is 1. The van der Waals surface area contributed by atoms with E-state index in [1.54, 1.807) is 0 Å². The Morgan fingerprint density at radius 3 is 2.54 bits per heavy atom. The molecule has 1 fully saturated rings. The zero-order valence-corrected chi connectivity index (χ0v) is 15.3. The smallest absolute Gasteiger partial charge is 0.340 e. The molecule has 0 aliphatic heterocycles. The van der Waals surface area contributed by atoms with E-state index in [0.29, 0.717) is 12.1 Å². The molecule has 3 N–H and O–H groups in total. The van der Waals surface area contributed by atoms with Crippen LogP contribution in [-0.4, -0.2) is 35.9 Å². The van der Waals surface area contributed by atoms with Crippen molar-refractivity contribution in [2.75, 3.05) is 11.9 Å². The fraction of sp³-hybridized carbons (Fsp3) is 0.600. The quantitative estimate of drug-likeness (QED) is 0.658. The van der Waals surface area contributed by atoms with Crippen molar-refractivity contribution in [1.82, 2.24) is 4.98 Å². The molecule has 2 atom stereocenters. The Labute approximate surface area is 160 Å². The number of halogens is 6. The van der Waals surface area contributed by atoms with Gasteiger partial charge in [-0.05, 0) is 24.8 Å². The standard InChI is InChI=1S/C15H19F4N3O2.2ClH/c16-14(17)15(18,19)8-24-13-5-4-10(7-21-13)22-12(23)6-9-2-1-3-11(9)20;;/h4-5,7,9,11,14H,1-3,6,8,20H2,(H,22,23);2*1H/t9-,11+;;/m0../s1. The van der Waals surface area contributed by atoms with Crippen LogP contribution in [0.1, 0.15) is 25.7 Å². The lowest BCUT2D eigenvalue weighted by molar-refractivity contribution is -0.148. The number of rotatable bonds is 7. The van der Waals surface area contributed by atoms with Crippen molar-refractivity contribution >= 4 is 36.4 Å². The predicted octanol–water partition coefficient (Wildman–Crippen LogP) is 3.66. The van der Waals surface area contributed by atoms with E-state index in [2.05, 4.69) is 15.0 Å². The zero-order chi connectivity index (χ0) is 17.7. The summed E-state index contributed by atoms with van der Waals surface area (Å²) >= 11 is 0. The number of hydrogen-bond acceptors (Lipinski definition) is 4. The van der Waals surface area contributed by atoms with E-state index >= 15 is 0 Å². The molecule has 11 heteroatoms. The number of hydrogen-bond donors (Lipinski definition) is 2. The highest BCUT2D eigenvalue weighted by Crippen LogP contribution is 2.27. The van der Waals surface area contributed by atoms with E-state index in [1.165, 1.54) is 18.3 Å². The molecule has 1 heterocycles. The van der Waals surface area contributed by atoms with Crippen molar-refractivity contribution in [1.29, 1.82) is 0 Å². The Bertz CT molecular complexity index is 564. The van der Waals surface area contributed by atoms with Gasteiger partial charge in [-0.1, -0.05) is 6.42 Å². The molecule has 1 amide bonds. The van der Waals surface area contributed by atoms with Crippen LogP contribution < -0.4 is 15.8 Å². The Morgan fingerprint density at radius 2 is 2.04 bits per heavy atom. The Kier molecular flexibility index (Phi) is 10.2. The average Bonchev–Trinajstić information content (AvgIpc) is 2.91. The number of anilines is 1. The highest BCUT2D eigenvalue weighted by atomic mass is 35.5. The second-order valence-electron chi connectivity index (χ2n) is 5.84. The molecular weight excluding hydrogens is 401 g/mol. The molecule has 1 saturated carbocycles. The van der Waals surface area contributed by atoms with Crippen LogP contribution >= 0.6 is 24.8 Å². The van der Waals surface area contributed by atoms with Gasteiger partial charge in [-0.25, -0.2) is 13.8 Å². The fourth-order valence-corrected chi connectivity index (χ4v) is 2.54. The fourth-order valence-electron chi connectivity index (χ4n) is 2.54. The topological polar surface area (TPSA) is 77.2 Å². The number of carbonyl (C=O) groups is 1. The van der Waals surface area contributed by atoms with E-state index in [1.807, 2.05) is 0 Å². The molecule has 0 aromatic carbocycles. The van der Waals surface area contributed by atoms with Crippen LogP contribution in [-0.2, 0) is 4.79 Å². The lowest BCUT2D eigenvalue weighted by atomic mass is 10.00. The highest BCUT2D eigenvalue weighted by molar-refractivity contribution is 5.90. The van der Waals surface area contributed by atoms with Crippen LogP contribution in [0.4, 0.5) is 23.2 Å². The maximum atomic E-state index is 12.7. The maximum absolute atomic E-state index is 12.7. The van der Waals surface area contributed by atoms with Crippen LogP contribution in [0.5, 0.6) is 5.88 Å². The van der Waals surface area contributed by atoms with Crippen molar-refractivity contribution in [3.63, 3.8) is 0 Å². The molecule has 0 bridgehead atoms. The van der Waals surface area contributed by atoms with Gasteiger partial charge >= 0.3 is 12.3 Å².